The Morgan fingerprint density at radius 2 is 1.79 bits per heavy atom. The van der Waals surface area contributed by atoms with Crippen molar-refractivity contribution >= 4 is 23.3 Å². The second-order valence-corrected chi connectivity index (χ2v) is 6.11. The molecule has 1 aliphatic heterocycles. The number of aryl methyl sites for hydroxylation is 2. The van der Waals surface area contributed by atoms with Crippen LogP contribution >= 0.6 is 0 Å². The highest BCUT2D eigenvalue weighted by Crippen LogP contribution is 2.20. The SMILES string of the molecule is Cc1ccc(N2CCN(CC(=O)Nc3cccc(C)c3)C2=O)cc1. The summed E-state index contributed by atoms with van der Waals surface area (Å²) in [4.78, 5) is 28.0. The highest BCUT2D eigenvalue weighted by molar-refractivity contribution is 5.99. The average Bonchev–Trinajstić information content (AvgIpc) is 2.89. The fraction of sp³-hybridized carbons (Fsp3) is 0.263. The minimum atomic E-state index is -0.181. The summed E-state index contributed by atoms with van der Waals surface area (Å²) in [5, 5.41) is 2.84. The molecule has 5 heteroatoms. The monoisotopic (exact) mass is 323 g/mol. The molecule has 0 spiro atoms. The van der Waals surface area contributed by atoms with Crippen molar-refractivity contribution in [3.8, 4) is 0 Å². The van der Waals surface area contributed by atoms with Crippen LogP contribution in [-0.4, -0.2) is 36.5 Å². The number of amides is 3. The molecule has 0 bridgehead atoms. The van der Waals surface area contributed by atoms with Crippen molar-refractivity contribution in [2.75, 3.05) is 29.9 Å². The van der Waals surface area contributed by atoms with Crippen LogP contribution in [0.4, 0.5) is 16.2 Å². The Morgan fingerprint density at radius 3 is 2.50 bits per heavy atom. The van der Waals surface area contributed by atoms with E-state index in [9.17, 15) is 9.59 Å². The van der Waals surface area contributed by atoms with Crippen LogP contribution in [-0.2, 0) is 4.79 Å². The van der Waals surface area contributed by atoms with Crippen LogP contribution in [0.15, 0.2) is 48.5 Å². The first-order valence-electron chi connectivity index (χ1n) is 8.02. The number of benzene rings is 2. The van der Waals surface area contributed by atoms with Gasteiger partial charge < -0.3 is 10.2 Å². The Kier molecular flexibility index (Phi) is 4.51. The maximum absolute atomic E-state index is 12.5. The summed E-state index contributed by atoms with van der Waals surface area (Å²) in [6.07, 6.45) is 0. The van der Waals surface area contributed by atoms with Gasteiger partial charge in [0.15, 0.2) is 0 Å². The van der Waals surface area contributed by atoms with E-state index in [0.717, 1.165) is 22.5 Å². The average molecular weight is 323 g/mol. The summed E-state index contributed by atoms with van der Waals surface area (Å²) >= 11 is 0. The van der Waals surface area contributed by atoms with E-state index in [2.05, 4.69) is 5.32 Å². The number of hydrogen-bond donors (Lipinski definition) is 1. The fourth-order valence-electron chi connectivity index (χ4n) is 2.79. The summed E-state index contributed by atoms with van der Waals surface area (Å²) in [5.74, 6) is -0.181. The van der Waals surface area contributed by atoms with Gasteiger partial charge in [0.25, 0.3) is 0 Å². The zero-order valence-electron chi connectivity index (χ0n) is 14.0. The third kappa shape index (κ3) is 3.56. The van der Waals surface area contributed by atoms with Crippen molar-refractivity contribution in [1.82, 2.24) is 4.90 Å². The molecule has 1 aliphatic rings. The fourth-order valence-corrected chi connectivity index (χ4v) is 2.79. The van der Waals surface area contributed by atoms with Crippen LogP contribution in [0.2, 0.25) is 0 Å². The van der Waals surface area contributed by atoms with Gasteiger partial charge in [0, 0.05) is 24.5 Å². The predicted molar refractivity (Wildman–Crippen MR) is 95.3 cm³/mol. The maximum atomic E-state index is 12.5. The van der Waals surface area contributed by atoms with Crippen LogP contribution in [0.5, 0.6) is 0 Å². The van der Waals surface area contributed by atoms with Gasteiger partial charge in [0.1, 0.15) is 6.54 Å². The van der Waals surface area contributed by atoms with E-state index < -0.39 is 0 Å². The van der Waals surface area contributed by atoms with E-state index in [1.165, 1.54) is 0 Å². The van der Waals surface area contributed by atoms with Crippen molar-refractivity contribution in [1.29, 1.82) is 0 Å². The molecule has 0 saturated carbocycles. The van der Waals surface area contributed by atoms with Gasteiger partial charge in [-0.05, 0) is 43.7 Å². The lowest BCUT2D eigenvalue weighted by Crippen LogP contribution is -2.37. The number of urea groups is 1. The zero-order valence-corrected chi connectivity index (χ0v) is 14.0. The molecule has 1 fully saturated rings. The number of anilines is 2. The van der Waals surface area contributed by atoms with Gasteiger partial charge in [-0.1, -0.05) is 29.8 Å². The largest absolute Gasteiger partial charge is 0.325 e. The molecule has 0 aromatic heterocycles. The Bertz CT molecular complexity index is 755. The van der Waals surface area contributed by atoms with E-state index in [-0.39, 0.29) is 18.5 Å². The molecule has 124 valence electrons. The molecule has 2 aromatic rings. The van der Waals surface area contributed by atoms with Crippen LogP contribution < -0.4 is 10.2 Å². The quantitative estimate of drug-likeness (QED) is 0.939. The Morgan fingerprint density at radius 1 is 1.04 bits per heavy atom. The van der Waals surface area contributed by atoms with Gasteiger partial charge >= 0.3 is 6.03 Å². The molecule has 5 nitrogen and oxygen atoms in total. The summed E-state index contributed by atoms with van der Waals surface area (Å²) in [6.45, 7) is 5.19. The van der Waals surface area contributed by atoms with E-state index in [1.807, 2.05) is 62.4 Å². The second-order valence-electron chi connectivity index (χ2n) is 6.11. The van der Waals surface area contributed by atoms with E-state index in [0.29, 0.717) is 13.1 Å². The molecule has 3 amide bonds. The zero-order chi connectivity index (χ0) is 17.1. The highest BCUT2D eigenvalue weighted by Gasteiger charge is 2.30. The Balaban J connectivity index is 1.61. The molecule has 1 heterocycles. The van der Waals surface area contributed by atoms with Gasteiger partial charge in [0.05, 0.1) is 0 Å². The number of nitrogens with one attached hydrogen (secondary N) is 1. The summed E-state index contributed by atoms with van der Waals surface area (Å²) < 4.78 is 0. The number of carbonyl (C=O) groups is 2. The maximum Gasteiger partial charge on any atom is 0.325 e. The second kappa shape index (κ2) is 6.74. The van der Waals surface area contributed by atoms with Gasteiger partial charge in [-0.25, -0.2) is 4.79 Å². The lowest BCUT2D eigenvalue weighted by atomic mass is 10.2. The topological polar surface area (TPSA) is 52.6 Å². The predicted octanol–water partition coefficient (Wildman–Crippen LogP) is 3.18. The highest BCUT2D eigenvalue weighted by atomic mass is 16.2. The number of rotatable bonds is 4. The molecule has 0 unspecified atom stereocenters. The molecule has 2 aromatic carbocycles. The lowest BCUT2D eigenvalue weighted by molar-refractivity contribution is -0.116. The first-order chi connectivity index (χ1) is 11.5. The smallest absolute Gasteiger partial charge is 0.325 e. The van der Waals surface area contributed by atoms with Crippen LogP contribution in [0.3, 0.4) is 0 Å². The van der Waals surface area contributed by atoms with Gasteiger partial charge in [-0.2, -0.15) is 0 Å². The number of nitrogens with zero attached hydrogens (tertiary/aromatic N) is 2. The molecule has 0 aliphatic carbocycles. The molecule has 0 atom stereocenters. The lowest BCUT2D eigenvalue weighted by Gasteiger charge is -2.18. The van der Waals surface area contributed by atoms with Gasteiger partial charge in [-0.3, -0.25) is 9.69 Å². The van der Waals surface area contributed by atoms with Crippen molar-refractivity contribution in [2.45, 2.75) is 13.8 Å². The van der Waals surface area contributed by atoms with Crippen LogP contribution in [0.25, 0.3) is 0 Å². The Hall–Kier alpha value is -2.82. The molecular weight excluding hydrogens is 302 g/mol. The summed E-state index contributed by atoms with van der Waals surface area (Å²) in [7, 11) is 0. The first kappa shape index (κ1) is 16.1. The van der Waals surface area contributed by atoms with Crippen LogP contribution in [0, 0.1) is 13.8 Å². The summed E-state index contributed by atoms with van der Waals surface area (Å²) in [6, 6.07) is 15.3. The molecular formula is C19H21N3O2. The standard InChI is InChI=1S/C19H21N3O2/c1-14-6-8-17(9-7-14)22-11-10-21(19(22)24)13-18(23)20-16-5-3-4-15(2)12-16/h3-9,12H,10-11,13H2,1-2H3,(H,20,23). The molecule has 1 saturated heterocycles. The number of hydrogen-bond acceptors (Lipinski definition) is 2. The van der Waals surface area contributed by atoms with Gasteiger partial charge in [0.2, 0.25) is 5.91 Å². The molecule has 24 heavy (non-hydrogen) atoms. The molecule has 3 rings (SSSR count). The molecule has 0 radical (unpaired) electrons. The summed E-state index contributed by atoms with van der Waals surface area (Å²) in [5.41, 5.74) is 3.85. The van der Waals surface area contributed by atoms with E-state index in [1.54, 1.807) is 9.80 Å². The normalized spacial score (nSPS) is 14.2. The van der Waals surface area contributed by atoms with Crippen molar-refractivity contribution in [2.24, 2.45) is 0 Å². The first-order valence-corrected chi connectivity index (χ1v) is 8.02. The molecule has 1 N–H and O–H groups in total. The number of carbonyl (C=O) groups excluding carboxylic acids is 2. The van der Waals surface area contributed by atoms with Crippen molar-refractivity contribution in [3.63, 3.8) is 0 Å². The minimum absolute atomic E-state index is 0.0646. The third-order valence-electron chi connectivity index (χ3n) is 4.08. The van der Waals surface area contributed by atoms with Crippen molar-refractivity contribution < 1.29 is 9.59 Å². The Labute approximate surface area is 141 Å². The van der Waals surface area contributed by atoms with Crippen molar-refractivity contribution in [3.05, 3.63) is 59.7 Å². The van der Waals surface area contributed by atoms with E-state index >= 15 is 0 Å². The van der Waals surface area contributed by atoms with E-state index in [4.69, 9.17) is 0 Å². The third-order valence-corrected chi connectivity index (χ3v) is 4.08. The van der Waals surface area contributed by atoms with Gasteiger partial charge in [-0.15, -0.1) is 0 Å². The minimum Gasteiger partial charge on any atom is -0.325 e. The van der Waals surface area contributed by atoms with Crippen LogP contribution in [0.1, 0.15) is 11.1 Å².